The van der Waals surface area contributed by atoms with Gasteiger partial charge in [0, 0.05) is 51.0 Å². The summed E-state index contributed by atoms with van der Waals surface area (Å²) in [5.74, 6) is 0. The van der Waals surface area contributed by atoms with E-state index in [2.05, 4.69) is 111 Å². The first-order chi connectivity index (χ1) is 35.4. The normalized spacial score (nSPS) is 14.8. The first-order valence-electron chi connectivity index (χ1n) is 25.2. The van der Waals surface area contributed by atoms with Crippen LogP contribution in [0.3, 0.4) is 0 Å². The maximum atomic E-state index is 12.6. The summed E-state index contributed by atoms with van der Waals surface area (Å²) >= 11 is 0. The molecule has 14 nitrogen and oxygen atoms in total. The van der Waals surface area contributed by atoms with E-state index in [1.54, 1.807) is 0 Å². The Hall–Kier alpha value is -8.23. The van der Waals surface area contributed by atoms with Crippen LogP contribution < -0.4 is 20.5 Å². The minimum Gasteiger partial charge on any atom is -0.464 e. The van der Waals surface area contributed by atoms with E-state index in [1.807, 2.05) is 104 Å². The summed E-state index contributed by atoms with van der Waals surface area (Å²) in [6, 6.07) is 46.8. The van der Waals surface area contributed by atoms with Gasteiger partial charge in [0.15, 0.2) is 11.3 Å². The third kappa shape index (κ3) is 9.07. The fourth-order valence-corrected chi connectivity index (χ4v) is 9.99. The van der Waals surface area contributed by atoms with E-state index in [1.165, 1.54) is 12.0 Å². The maximum absolute atomic E-state index is 12.6. The molecular weight excluding hydrogens is 913 g/mol. The molecule has 12 rings (SSSR count). The maximum Gasteiger partial charge on any atom is 0.408 e. The monoisotopic (exact) mass is 970 g/mol. The highest BCUT2D eigenvalue weighted by atomic mass is 16.6. The summed E-state index contributed by atoms with van der Waals surface area (Å²) in [7, 11) is 0. The zero-order chi connectivity index (χ0) is 50.3. The lowest BCUT2D eigenvalue weighted by Gasteiger charge is -2.43. The van der Waals surface area contributed by atoms with Crippen molar-refractivity contribution in [2.24, 2.45) is 5.73 Å². The predicted octanol–water partition coefficient (Wildman–Crippen LogP) is 12.3. The molecule has 73 heavy (non-hydrogen) atoms. The van der Waals surface area contributed by atoms with Crippen molar-refractivity contribution >= 4 is 39.2 Å². The molecule has 6 heterocycles. The van der Waals surface area contributed by atoms with E-state index in [9.17, 15) is 4.79 Å². The van der Waals surface area contributed by atoms with Gasteiger partial charge < -0.3 is 25.3 Å². The van der Waals surface area contributed by atoms with Crippen LogP contribution in [0.2, 0.25) is 0 Å². The van der Waals surface area contributed by atoms with Crippen LogP contribution >= 0.6 is 0 Å². The number of benzene rings is 4. The summed E-state index contributed by atoms with van der Waals surface area (Å²) < 4.78 is 20.6. The Balaban J connectivity index is 0.000000160. The number of alkyl carbamates (subject to hydrolysis) is 1. The average Bonchev–Trinajstić information content (AvgIpc) is 4.00. The van der Waals surface area contributed by atoms with Crippen LogP contribution in [0.15, 0.2) is 146 Å². The zero-order valence-corrected chi connectivity index (χ0v) is 41.8. The van der Waals surface area contributed by atoms with Crippen LogP contribution in [0.25, 0.3) is 77.9 Å². The second kappa shape index (κ2) is 19.1. The van der Waals surface area contributed by atoms with Gasteiger partial charge >= 0.3 is 18.1 Å². The van der Waals surface area contributed by atoms with E-state index < -0.39 is 11.1 Å². The molecule has 6 aromatic heterocycles. The van der Waals surface area contributed by atoms with Gasteiger partial charge in [0.05, 0.1) is 41.2 Å². The van der Waals surface area contributed by atoms with Crippen molar-refractivity contribution in [3.05, 3.63) is 157 Å². The number of rotatable bonds is 11. The van der Waals surface area contributed by atoms with Crippen LogP contribution in [0.4, 0.5) is 4.79 Å². The summed E-state index contributed by atoms with van der Waals surface area (Å²) in [5, 5.41) is 22.2. The third-order valence-electron chi connectivity index (χ3n) is 14.0. The van der Waals surface area contributed by atoms with E-state index in [4.69, 9.17) is 29.9 Å². The summed E-state index contributed by atoms with van der Waals surface area (Å²) in [6.45, 7) is 10.5. The number of carbonyl (C=O) groups is 1. The van der Waals surface area contributed by atoms with Crippen molar-refractivity contribution in [2.75, 3.05) is 13.2 Å². The Morgan fingerprint density at radius 2 is 1.04 bits per heavy atom. The number of carbonyl (C=O) groups excluding carboxylic acids is 1. The molecule has 0 atom stereocenters. The molecule has 4 aromatic carbocycles. The molecule has 0 spiro atoms. The standard InChI is InChI=1S/C32H33N5O3.C27H25N5O/c1-5-39-29-36-35-28-25-20-24(21-10-7-6-8-11-21)27(33-26(25)16-19-37(28)29)22-12-14-23(15-13-22)32(17-9-18-32)34-30(38)40-31(2,3)4;1-2-33-26-31-30-25-22-17-21(18-7-4-3-5-8-18)24(29-23(22)13-16-32(25)26)19-9-11-20(12-10-19)27(28)14-6-15-27/h6-8,10-16,19-20H,5,9,17-18H2,1-4H3,(H,34,38);3-5,7-13,16-17H,2,6,14-15,28H2,1H3. The first-order valence-corrected chi connectivity index (χ1v) is 25.2. The van der Waals surface area contributed by atoms with Crippen LogP contribution in [0.5, 0.6) is 12.0 Å². The average molecular weight is 971 g/mol. The molecule has 1 amide bonds. The molecule has 0 unspecified atom stereocenters. The van der Waals surface area contributed by atoms with Crippen molar-refractivity contribution in [3.8, 4) is 56.8 Å². The van der Waals surface area contributed by atoms with Crippen molar-refractivity contribution < 1.29 is 19.0 Å². The highest BCUT2D eigenvalue weighted by Gasteiger charge is 2.41. The molecule has 2 aliphatic rings. The first kappa shape index (κ1) is 47.1. The molecule has 10 aromatic rings. The fourth-order valence-electron chi connectivity index (χ4n) is 9.99. The minimum atomic E-state index is -0.545. The van der Waals surface area contributed by atoms with Gasteiger partial charge in [-0.15, -0.1) is 10.2 Å². The SMILES string of the molecule is CCOc1nnc2c3cc(-c4ccccc4)c(-c4ccc(C5(N)CCC5)cc4)nc3ccn12.CCOc1nnc2c3cc(-c4ccccc4)c(-c4ccc(C5(NC(=O)OC(C)(C)C)CCC5)cc4)nc3ccn12. The second-order valence-electron chi connectivity index (χ2n) is 19.9. The molecule has 0 aliphatic heterocycles. The minimum absolute atomic E-state index is 0.171. The van der Waals surface area contributed by atoms with E-state index in [-0.39, 0.29) is 11.6 Å². The molecular formula is C59H58N10O4. The van der Waals surface area contributed by atoms with Crippen LogP contribution in [-0.2, 0) is 15.8 Å². The number of hydrogen-bond acceptors (Lipinski definition) is 11. The Morgan fingerprint density at radius 3 is 1.44 bits per heavy atom. The van der Waals surface area contributed by atoms with E-state index >= 15 is 0 Å². The second-order valence-corrected chi connectivity index (χ2v) is 19.9. The number of pyridine rings is 4. The highest BCUT2D eigenvalue weighted by Crippen LogP contribution is 2.44. The number of aromatic nitrogens is 8. The Bertz CT molecular complexity index is 3620. The van der Waals surface area contributed by atoms with Crippen molar-refractivity contribution in [1.82, 2.24) is 44.5 Å². The van der Waals surface area contributed by atoms with Crippen molar-refractivity contribution in [1.29, 1.82) is 0 Å². The van der Waals surface area contributed by atoms with Gasteiger partial charge in [0.1, 0.15) is 5.60 Å². The summed E-state index contributed by atoms with van der Waals surface area (Å²) in [4.78, 5) is 22.9. The highest BCUT2D eigenvalue weighted by molar-refractivity contribution is 5.99. The molecule has 2 saturated carbocycles. The van der Waals surface area contributed by atoms with Crippen LogP contribution in [0, 0.1) is 0 Å². The Labute approximate surface area is 423 Å². The molecule has 368 valence electrons. The predicted molar refractivity (Wildman–Crippen MR) is 285 cm³/mol. The molecule has 2 fully saturated rings. The van der Waals surface area contributed by atoms with Crippen LogP contribution in [-0.4, -0.2) is 64.1 Å². The van der Waals surface area contributed by atoms with Gasteiger partial charge in [-0.1, -0.05) is 119 Å². The molecule has 2 aliphatic carbocycles. The largest absolute Gasteiger partial charge is 0.464 e. The van der Waals surface area contributed by atoms with Crippen molar-refractivity contribution in [2.45, 2.75) is 89.8 Å². The van der Waals surface area contributed by atoms with E-state index in [0.29, 0.717) is 30.9 Å². The third-order valence-corrected chi connectivity index (χ3v) is 14.0. The topological polar surface area (TPSA) is 169 Å². The quantitative estimate of drug-likeness (QED) is 0.126. The molecule has 0 bridgehead atoms. The smallest absolute Gasteiger partial charge is 0.408 e. The van der Waals surface area contributed by atoms with Crippen molar-refractivity contribution in [3.63, 3.8) is 0 Å². The number of fused-ring (bicyclic) bond motifs is 6. The zero-order valence-electron chi connectivity index (χ0n) is 41.8. The summed E-state index contributed by atoms with van der Waals surface area (Å²) in [5.41, 5.74) is 18.9. The lowest BCUT2D eigenvalue weighted by molar-refractivity contribution is 0.0377. The van der Waals surface area contributed by atoms with Gasteiger partial charge in [0.2, 0.25) is 0 Å². The number of amides is 1. The lowest BCUT2D eigenvalue weighted by Crippen LogP contribution is -2.52. The number of nitrogens with zero attached hydrogens (tertiary/aromatic N) is 8. The number of nitrogens with one attached hydrogen (secondary N) is 1. The Morgan fingerprint density at radius 1 is 0.589 bits per heavy atom. The van der Waals surface area contributed by atoms with E-state index in [0.717, 1.165) is 110 Å². The van der Waals surface area contributed by atoms with Gasteiger partial charge in [0.25, 0.3) is 0 Å². The fraction of sp³-hybridized carbons (Fsp3) is 0.271. The number of nitrogens with two attached hydrogens (primary N) is 1. The van der Waals surface area contributed by atoms with Crippen LogP contribution in [0.1, 0.15) is 84.3 Å². The molecule has 14 heteroatoms. The number of hydrogen-bond donors (Lipinski definition) is 2. The van der Waals surface area contributed by atoms with Gasteiger partial charge in [-0.05, 0) is 120 Å². The molecule has 3 N–H and O–H groups in total. The summed E-state index contributed by atoms with van der Waals surface area (Å²) in [6.07, 6.45) is 9.55. The lowest BCUT2D eigenvalue weighted by atomic mass is 9.71. The van der Waals surface area contributed by atoms with Gasteiger partial charge in [-0.3, -0.25) is 8.80 Å². The molecule has 0 radical (unpaired) electrons. The van der Waals surface area contributed by atoms with Gasteiger partial charge in [-0.2, -0.15) is 0 Å². The number of ether oxygens (including phenoxy) is 3. The Kier molecular flexibility index (Phi) is 12.3. The molecule has 0 saturated heterocycles. The van der Waals surface area contributed by atoms with Gasteiger partial charge in [-0.25, -0.2) is 14.8 Å².